The molecule has 1 aliphatic rings. The third kappa shape index (κ3) is 5.73. The number of nitrogens with zero attached hydrogens (tertiary/aromatic N) is 2. The highest BCUT2D eigenvalue weighted by Gasteiger charge is 2.37. The van der Waals surface area contributed by atoms with Gasteiger partial charge in [-0.25, -0.2) is 4.39 Å². The first kappa shape index (κ1) is 27.4. The summed E-state index contributed by atoms with van der Waals surface area (Å²) in [7, 11) is 1.57. The van der Waals surface area contributed by atoms with E-state index in [1.54, 1.807) is 19.2 Å². The molecule has 0 fully saturated rings. The summed E-state index contributed by atoms with van der Waals surface area (Å²) >= 11 is 6.21. The van der Waals surface area contributed by atoms with Crippen molar-refractivity contribution in [2.45, 2.75) is 32.7 Å². The number of carboxylic acid groups (broad SMARTS) is 1. The second-order valence-electron chi connectivity index (χ2n) is 10.1. The number of anilines is 1. The quantitative estimate of drug-likeness (QED) is 0.241. The summed E-state index contributed by atoms with van der Waals surface area (Å²) in [6.07, 6.45) is 0.675. The van der Waals surface area contributed by atoms with Crippen LogP contribution in [0.25, 0.3) is 11.1 Å². The zero-order chi connectivity index (χ0) is 28.4. The second-order valence-corrected chi connectivity index (χ2v) is 10.6. The molecule has 0 aromatic heterocycles. The fourth-order valence-electron chi connectivity index (χ4n) is 5.24. The number of rotatable bonds is 8. The van der Waals surface area contributed by atoms with Gasteiger partial charge in [0.15, 0.2) is 0 Å². The molecule has 5 rings (SSSR count). The Balaban J connectivity index is 1.38. The molecule has 1 N–H and O–H groups in total. The number of aliphatic carboxylic acids is 1. The molecule has 0 amide bonds. The zero-order valence-electron chi connectivity index (χ0n) is 22.6. The molecular formula is C33H30ClFN2O3. The second kappa shape index (κ2) is 11.5. The standard InChI is InChI=1S/C33H30ClFN2O3/c1-20-15-24(29-18-28(40-3)13-14-30(29)35)10-9-23(20)16-22-7-11-27(12-8-22)37-31(19-32(38)39)21(2)33(36-37)25-5-4-6-26(34)17-25/h4-15,17-18,21,31H,16,19H2,1-3H3,(H,38,39)/t21-,31-/m0/s1. The van der Waals surface area contributed by atoms with Gasteiger partial charge in [0.25, 0.3) is 0 Å². The van der Waals surface area contributed by atoms with E-state index in [0.717, 1.165) is 39.2 Å². The lowest BCUT2D eigenvalue weighted by atomic mass is 9.91. The summed E-state index contributed by atoms with van der Waals surface area (Å²) in [6, 6.07) is 25.9. The molecule has 4 aromatic rings. The lowest BCUT2D eigenvalue weighted by Gasteiger charge is -2.25. The predicted molar refractivity (Wildman–Crippen MR) is 158 cm³/mol. The van der Waals surface area contributed by atoms with Gasteiger partial charge in [-0.05, 0) is 83.6 Å². The van der Waals surface area contributed by atoms with E-state index in [1.807, 2.05) is 85.6 Å². The van der Waals surface area contributed by atoms with Crippen molar-refractivity contribution in [3.05, 3.63) is 118 Å². The van der Waals surface area contributed by atoms with Gasteiger partial charge in [-0.15, -0.1) is 0 Å². The van der Waals surface area contributed by atoms with Crippen molar-refractivity contribution in [3.63, 3.8) is 0 Å². The van der Waals surface area contributed by atoms with E-state index in [2.05, 4.69) is 0 Å². The first-order valence-corrected chi connectivity index (χ1v) is 13.5. The Bertz CT molecular complexity index is 1590. The van der Waals surface area contributed by atoms with Crippen LogP contribution in [0, 0.1) is 18.7 Å². The molecule has 204 valence electrons. The average molecular weight is 557 g/mol. The van der Waals surface area contributed by atoms with Crippen molar-refractivity contribution in [1.29, 1.82) is 0 Å². The number of benzene rings is 4. The van der Waals surface area contributed by atoms with E-state index in [1.165, 1.54) is 6.07 Å². The number of carbonyl (C=O) groups is 1. The van der Waals surface area contributed by atoms with Crippen LogP contribution in [0.1, 0.15) is 35.6 Å². The molecule has 0 saturated carbocycles. The van der Waals surface area contributed by atoms with Gasteiger partial charge >= 0.3 is 5.97 Å². The van der Waals surface area contributed by atoms with E-state index < -0.39 is 5.97 Å². The van der Waals surface area contributed by atoms with E-state index >= 15 is 0 Å². The molecule has 5 nitrogen and oxygen atoms in total. The van der Waals surface area contributed by atoms with E-state index in [0.29, 0.717) is 22.8 Å². The molecule has 0 unspecified atom stereocenters. The van der Waals surface area contributed by atoms with Crippen LogP contribution in [0.2, 0.25) is 5.02 Å². The molecule has 7 heteroatoms. The van der Waals surface area contributed by atoms with Crippen LogP contribution < -0.4 is 9.75 Å². The number of halogens is 2. The predicted octanol–water partition coefficient (Wildman–Crippen LogP) is 7.76. The SMILES string of the molecule is COc1ccc(F)c(-c2ccc(Cc3ccc(N4N=C(c5cccc(Cl)c5)[C@@H](C)[C@@H]4CC(=O)O)cc3)c(C)c2)c1. The molecule has 0 bridgehead atoms. The average Bonchev–Trinajstić information content (AvgIpc) is 3.25. The van der Waals surface area contributed by atoms with E-state index in [-0.39, 0.29) is 24.2 Å². The largest absolute Gasteiger partial charge is 0.497 e. The van der Waals surface area contributed by atoms with Crippen molar-refractivity contribution in [2.24, 2.45) is 11.0 Å². The van der Waals surface area contributed by atoms with Gasteiger partial charge in [0.1, 0.15) is 11.6 Å². The van der Waals surface area contributed by atoms with Crippen molar-refractivity contribution in [3.8, 4) is 16.9 Å². The molecular weight excluding hydrogens is 527 g/mol. The third-order valence-corrected chi connectivity index (χ3v) is 7.70. The fraction of sp³-hybridized carbons (Fsp3) is 0.212. The highest BCUT2D eigenvalue weighted by molar-refractivity contribution is 6.31. The Morgan fingerprint density at radius 2 is 1.80 bits per heavy atom. The van der Waals surface area contributed by atoms with E-state index in [4.69, 9.17) is 21.4 Å². The van der Waals surface area contributed by atoms with Gasteiger partial charge in [0, 0.05) is 16.5 Å². The molecule has 1 aliphatic heterocycles. The summed E-state index contributed by atoms with van der Waals surface area (Å²) in [6.45, 7) is 4.03. The zero-order valence-corrected chi connectivity index (χ0v) is 23.3. The first-order chi connectivity index (χ1) is 19.2. The van der Waals surface area contributed by atoms with Crippen LogP contribution in [0.3, 0.4) is 0 Å². The lowest BCUT2D eigenvalue weighted by Crippen LogP contribution is -2.34. The molecule has 2 atom stereocenters. The summed E-state index contributed by atoms with van der Waals surface area (Å²) in [5.41, 5.74) is 7.16. The monoisotopic (exact) mass is 556 g/mol. The Morgan fingerprint density at radius 3 is 2.48 bits per heavy atom. The molecule has 1 heterocycles. The molecule has 0 aliphatic carbocycles. The van der Waals surface area contributed by atoms with Crippen molar-refractivity contribution in [2.75, 3.05) is 12.1 Å². The maximum atomic E-state index is 14.5. The van der Waals surface area contributed by atoms with Gasteiger partial charge < -0.3 is 9.84 Å². The van der Waals surface area contributed by atoms with E-state index in [9.17, 15) is 14.3 Å². The van der Waals surface area contributed by atoms with Gasteiger partial charge in [-0.2, -0.15) is 5.10 Å². The molecule has 0 saturated heterocycles. The van der Waals surface area contributed by atoms with Gasteiger partial charge in [-0.1, -0.05) is 61.0 Å². The number of aryl methyl sites for hydroxylation is 1. The van der Waals surface area contributed by atoms with Crippen molar-refractivity contribution < 1.29 is 19.0 Å². The number of hydrogen-bond acceptors (Lipinski definition) is 4. The molecule has 0 spiro atoms. The minimum Gasteiger partial charge on any atom is -0.497 e. The Labute approximate surface area is 238 Å². The fourth-order valence-corrected chi connectivity index (χ4v) is 5.43. The smallest absolute Gasteiger partial charge is 0.305 e. The summed E-state index contributed by atoms with van der Waals surface area (Å²) in [5.74, 6) is -0.638. The van der Waals surface area contributed by atoms with Crippen LogP contribution in [-0.4, -0.2) is 29.9 Å². The number of ether oxygens (including phenoxy) is 1. The summed E-state index contributed by atoms with van der Waals surface area (Å²) < 4.78 is 19.8. The Hall–Kier alpha value is -4.16. The van der Waals surface area contributed by atoms with Crippen LogP contribution in [0.4, 0.5) is 10.1 Å². The highest BCUT2D eigenvalue weighted by atomic mass is 35.5. The lowest BCUT2D eigenvalue weighted by molar-refractivity contribution is -0.137. The Kier molecular flexibility index (Phi) is 7.90. The number of hydrogen-bond donors (Lipinski definition) is 1. The minimum atomic E-state index is -0.867. The maximum absolute atomic E-state index is 14.5. The van der Waals surface area contributed by atoms with Crippen LogP contribution >= 0.6 is 11.6 Å². The van der Waals surface area contributed by atoms with Crippen LogP contribution in [0.5, 0.6) is 5.75 Å². The van der Waals surface area contributed by atoms with Crippen LogP contribution in [-0.2, 0) is 11.2 Å². The number of hydrazone groups is 1. The minimum absolute atomic E-state index is 0.0318. The maximum Gasteiger partial charge on any atom is 0.305 e. The number of methoxy groups -OCH3 is 1. The molecule has 40 heavy (non-hydrogen) atoms. The third-order valence-electron chi connectivity index (χ3n) is 7.46. The van der Waals surface area contributed by atoms with Crippen molar-refractivity contribution >= 4 is 29.0 Å². The topological polar surface area (TPSA) is 62.1 Å². The highest BCUT2D eigenvalue weighted by Crippen LogP contribution is 2.34. The number of carboxylic acids is 1. The normalized spacial score (nSPS) is 16.6. The van der Waals surface area contributed by atoms with Gasteiger partial charge in [0.05, 0.1) is 31.0 Å². The summed E-state index contributed by atoms with van der Waals surface area (Å²) in [4.78, 5) is 11.7. The summed E-state index contributed by atoms with van der Waals surface area (Å²) in [5, 5.41) is 16.9. The molecule has 0 radical (unpaired) electrons. The van der Waals surface area contributed by atoms with Crippen molar-refractivity contribution in [1.82, 2.24) is 0 Å². The van der Waals surface area contributed by atoms with Gasteiger partial charge in [-0.3, -0.25) is 9.80 Å². The molecule has 4 aromatic carbocycles. The van der Waals surface area contributed by atoms with Crippen LogP contribution in [0.15, 0.2) is 90.0 Å². The Morgan fingerprint density at radius 1 is 1.02 bits per heavy atom. The van der Waals surface area contributed by atoms with Gasteiger partial charge in [0.2, 0.25) is 0 Å². The first-order valence-electron chi connectivity index (χ1n) is 13.1.